The molecule has 1 aliphatic heterocycles. The van der Waals surface area contributed by atoms with Gasteiger partial charge < -0.3 is 4.90 Å². The second-order valence-corrected chi connectivity index (χ2v) is 7.27. The van der Waals surface area contributed by atoms with Crippen LogP contribution in [0.25, 0.3) is 5.57 Å². The number of imide groups is 1. The topological polar surface area (TPSA) is 40.6 Å². The van der Waals surface area contributed by atoms with Crippen LogP contribution in [0, 0.1) is 13.8 Å². The fourth-order valence-corrected chi connectivity index (χ4v) is 3.59. The van der Waals surface area contributed by atoms with E-state index in [1.807, 2.05) is 93.7 Å². The number of amides is 2. The van der Waals surface area contributed by atoms with Crippen molar-refractivity contribution < 1.29 is 9.59 Å². The summed E-state index contributed by atoms with van der Waals surface area (Å²) < 4.78 is 0. The van der Waals surface area contributed by atoms with Crippen molar-refractivity contribution in [3.8, 4) is 0 Å². The van der Waals surface area contributed by atoms with Crippen LogP contribution < -0.4 is 9.80 Å². The smallest absolute Gasteiger partial charge is 0.282 e. The van der Waals surface area contributed by atoms with E-state index < -0.39 is 0 Å². The number of carbonyl (C=O) groups is 2. The largest absolute Gasteiger partial charge is 0.339 e. The maximum Gasteiger partial charge on any atom is 0.282 e. The van der Waals surface area contributed by atoms with E-state index in [-0.39, 0.29) is 11.8 Å². The lowest BCUT2D eigenvalue weighted by molar-refractivity contribution is -0.120. The third kappa shape index (κ3) is 3.34. The molecule has 3 aromatic carbocycles. The Labute approximate surface area is 170 Å². The highest BCUT2D eigenvalue weighted by atomic mass is 16.2. The summed E-state index contributed by atoms with van der Waals surface area (Å²) >= 11 is 0. The molecule has 0 spiro atoms. The Balaban J connectivity index is 1.88. The van der Waals surface area contributed by atoms with E-state index in [2.05, 4.69) is 0 Å². The minimum Gasteiger partial charge on any atom is -0.339 e. The van der Waals surface area contributed by atoms with E-state index in [1.54, 1.807) is 11.0 Å². The molecule has 1 heterocycles. The Bertz CT molecular complexity index is 1120. The predicted molar refractivity (Wildman–Crippen MR) is 117 cm³/mol. The van der Waals surface area contributed by atoms with E-state index in [1.165, 1.54) is 4.90 Å². The summed E-state index contributed by atoms with van der Waals surface area (Å²) in [4.78, 5) is 30.1. The zero-order valence-corrected chi connectivity index (χ0v) is 16.7. The van der Waals surface area contributed by atoms with Gasteiger partial charge in [0.25, 0.3) is 11.8 Å². The molecule has 1 aliphatic rings. The highest BCUT2D eigenvalue weighted by Gasteiger charge is 2.42. The van der Waals surface area contributed by atoms with Crippen molar-refractivity contribution in [2.75, 3.05) is 16.8 Å². The molecule has 0 saturated carbocycles. The predicted octanol–water partition coefficient (Wildman–Crippen LogP) is 4.72. The number of aryl methyl sites for hydroxylation is 2. The molecule has 0 bridgehead atoms. The van der Waals surface area contributed by atoms with Gasteiger partial charge in [0.05, 0.1) is 11.3 Å². The summed E-state index contributed by atoms with van der Waals surface area (Å²) in [5.74, 6) is -0.621. The van der Waals surface area contributed by atoms with Gasteiger partial charge in [0, 0.05) is 12.7 Å². The lowest BCUT2D eigenvalue weighted by Crippen LogP contribution is -2.34. The van der Waals surface area contributed by atoms with Crippen LogP contribution in [0.2, 0.25) is 0 Å². The van der Waals surface area contributed by atoms with Crippen LogP contribution in [0.15, 0.2) is 84.6 Å². The summed E-state index contributed by atoms with van der Waals surface area (Å²) in [6.07, 6.45) is 0. The first-order valence-electron chi connectivity index (χ1n) is 9.53. The third-order valence-electron chi connectivity index (χ3n) is 5.14. The Hall–Kier alpha value is -3.66. The highest BCUT2D eigenvalue weighted by molar-refractivity contribution is 6.46. The number of anilines is 2. The fourth-order valence-electron chi connectivity index (χ4n) is 3.59. The van der Waals surface area contributed by atoms with Gasteiger partial charge in [-0.15, -0.1) is 0 Å². The van der Waals surface area contributed by atoms with Gasteiger partial charge in [-0.05, 0) is 49.2 Å². The van der Waals surface area contributed by atoms with E-state index in [0.717, 1.165) is 22.4 Å². The summed E-state index contributed by atoms with van der Waals surface area (Å²) in [5, 5.41) is 0. The molecular weight excluding hydrogens is 360 g/mol. The quantitative estimate of drug-likeness (QED) is 0.613. The molecule has 2 amide bonds. The first kappa shape index (κ1) is 18.7. The molecule has 0 N–H and O–H groups in total. The Morgan fingerprint density at radius 3 is 2.07 bits per heavy atom. The van der Waals surface area contributed by atoms with Crippen molar-refractivity contribution in [1.29, 1.82) is 0 Å². The van der Waals surface area contributed by atoms with Gasteiger partial charge in [-0.2, -0.15) is 0 Å². The van der Waals surface area contributed by atoms with Gasteiger partial charge in [0.2, 0.25) is 0 Å². The molecule has 3 aromatic rings. The van der Waals surface area contributed by atoms with Crippen LogP contribution in [0.1, 0.15) is 16.7 Å². The van der Waals surface area contributed by atoms with E-state index >= 15 is 0 Å². The molecule has 29 heavy (non-hydrogen) atoms. The van der Waals surface area contributed by atoms with Crippen molar-refractivity contribution in [2.24, 2.45) is 0 Å². The fraction of sp³-hybridized carbons (Fsp3) is 0.120. The van der Waals surface area contributed by atoms with Gasteiger partial charge in [0.15, 0.2) is 0 Å². The lowest BCUT2D eigenvalue weighted by Gasteiger charge is -2.21. The van der Waals surface area contributed by atoms with Crippen molar-refractivity contribution in [2.45, 2.75) is 13.8 Å². The monoisotopic (exact) mass is 382 g/mol. The average Bonchev–Trinajstić information content (AvgIpc) is 2.99. The second kappa shape index (κ2) is 7.40. The number of rotatable bonds is 4. The first-order valence-corrected chi connectivity index (χ1v) is 9.53. The molecule has 0 aromatic heterocycles. The van der Waals surface area contributed by atoms with E-state index in [4.69, 9.17) is 0 Å². The van der Waals surface area contributed by atoms with E-state index in [0.29, 0.717) is 17.0 Å². The number of carbonyl (C=O) groups excluding carboxylic acids is 2. The Kier molecular flexibility index (Phi) is 4.77. The standard InChI is InChI=1S/C25H22N2O2/c1-17-12-14-19(15-13-17)22-23(26(3)20-9-5-4-6-10-20)25(29)27(24(22)28)21-11-7-8-18(2)16-21/h4-16H,1-3H3. The van der Waals surface area contributed by atoms with Crippen LogP contribution >= 0.6 is 0 Å². The summed E-state index contributed by atoms with van der Waals surface area (Å²) in [5.41, 5.74) is 5.06. The maximum atomic E-state index is 13.5. The van der Waals surface area contributed by atoms with Gasteiger partial charge in [0.1, 0.15) is 5.70 Å². The van der Waals surface area contributed by atoms with Crippen molar-refractivity contribution in [1.82, 2.24) is 0 Å². The molecular formula is C25H22N2O2. The molecule has 0 aliphatic carbocycles. The molecule has 4 nitrogen and oxygen atoms in total. The molecule has 0 atom stereocenters. The summed E-state index contributed by atoms with van der Waals surface area (Å²) in [6.45, 7) is 3.94. The van der Waals surface area contributed by atoms with Gasteiger partial charge in [-0.3, -0.25) is 9.59 Å². The van der Waals surface area contributed by atoms with Crippen LogP contribution in [0.4, 0.5) is 11.4 Å². The number of benzene rings is 3. The normalized spacial score (nSPS) is 14.0. The van der Waals surface area contributed by atoms with Crippen LogP contribution in [0.5, 0.6) is 0 Å². The van der Waals surface area contributed by atoms with Gasteiger partial charge >= 0.3 is 0 Å². The third-order valence-corrected chi connectivity index (χ3v) is 5.14. The first-order chi connectivity index (χ1) is 14.0. The van der Waals surface area contributed by atoms with Crippen molar-refractivity contribution in [3.63, 3.8) is 0 Å². The molecule has 0 radical (unpaired) electrons. The van der Waals surface area contributed by atoms with Gasteiger partial charge in [-0.1, -0.05) is 60.2 Å². The molecule has 0 saturated heterocycles. The molecule has 4 rings (SSSR count). The van der Waals surface area contributed by atoms with Crippen LogP contribution in [-0.2, 0) is 9.59 Å². The summed E-state index contributed by atoms with van der Waals surface area (Å²) in [7, 11) is 1.82. The minimum absolute atomic E-state index is 0.303. The number of hydrogen-bond donors (Lipinski definition) is 0. The summed E-state index contributed by atoms with van der Waals surface area (Å²) in [6, 6.07) is 24.8. The zero-order valence-electron chi connectivity index (χ0n) is 16.7. The zero-order chi connectivity index (χ0) is 20.5. The minimum atomic E-state index is -0.317. The van der Waals surface area contributed by atoms with E-state index in [9.17, 15) is 9.59 Å². The van der Waals surface area contributed by atoms with Crippen LogP contribution in [-0.4, -0.2) is 18.9 Å². The average molecular weight is 382 g/mol. The molecule has 4 heteroatoms. The van der Waals surface area contributed by atoms with Crippen LogP contribution in [0.3, 0.4) is 0 Å². The maximum absolute atomic E-state index is 13.5. The Morgan fingerprint density at radius 1 is 0.724 bits per heavy atom. The van der Waals surface area contributed by atoms with Crippen molar-refractivity contribution >= 4 is 28.8 Å². The van der Waals surface area contributed by atoms with Gasteiger partial charge in [-0.25, -0.2) is 4.90 Å². The van der Waals surface area contributed by atoms with Crippen molar-refractivity contribution in [3.05, 3.63) is 101 Å². The second-order valence-electron chi connectivity index (χ2n) is 7.27. The Morgan fingerprint density at radius 2 is 1.41 bits per heavy atom. The highest BCUT2D eigenvalue weighted by Crippen LogP contribution is 2.36. The molecule has 0 unspecified atom stereocenters. The number of hydrogen-bond acceptors (Lipinski definition) is 3. The number of likely N-dealkylation sites (N-methyl/N-ethyl adjacent to an activating group) is 1. The number of nitrogens with zero attached hydrogens (tertiary/aromatic N) is 2. The number of para-hydroxylation sites is 1. The molecule has 144 valence electrons. The molecule has 0 fully saturated rings. The lowest BCUT2D eigenvalue weighted by atomic mass is 10.0. The SMILES string of the molecule is Cc1ccc(C2=C(N(C)c3ccccc3)C(=O)N(c3cccc(C)c3)C2=O)cc1.